The van der Waals surface area contributed by atoms with Crippen LogP contribution in [0.4, 0.5) is 0 Å². The zero-order chi connectivity index (χ0) is 21.8. The quantitative estimate of drug-likeness (QED) is 0.562. The highest BCUT2D eigenvalue weighted by Crippen LogP contribution is 2.33. The van der Waals surface area contributed by atoms with Crippen molar-refractivity contribution in [3.63, 3.8) is 0 Å². The van der Waals surface area contributed by atoms with Crippen LogP contribution in [0.1, 0.15) is 39.7 Å². The average Bonchev–Trinajstić information content (AvgIpc) is 3.48. The molecule has 31 heavy (non-hydrogen) atoms. The van der Waals surface area contributed by atoms with Crippen LogP contribution in [0.15, 0.2) is 76.4 Å². The third kappa shape index (κ3) is 4.50. The zero-order valence-corrected chi connectivity index (χ0v) is 17.3. The minimum atomic E-state index is -0.432. The summed E-state index contributed by atoms with van der Waals surface area (Å²) in [5.74, 6) is 0.415. The lowest BCUT2D eigenvalue weighted by Crippen LogP contribution is -2.31. The van der Waals surface area contributed by atoms with Gasteiger partial charge in [0.05, 0.1) is 24.6 Å². The fourth-order valence-corrected chi connectivity index (χ4v) is 3.38. The van der Waals surface area contributed by atoms with Crippen molar-refractivity contribution in [1.82, 2.24) is 5.01 Å². The van der Waals surface area contributed by atoms with Gasteiger partial charge in [0.25, 0.3) is 5.91 Å². The van der Waals surface area contributed by atoms with Gasteiger partial charge in [-0.05, 0) is 48.9 Å². The molecule has 2 heterocycles. The number of carbonyl (C=O) groups excluding carboxylic acids is 2. The first kappa shape index (κ1) is 20.4. The predicted molar refractivity (Wildman–Crippen MR) is 114 cm³/mol. The molecule has 0 unspecified atom stereocenters. The average molecular weight is 418 g/mol. The Morgan fingerprint density at radius 2 is 1.84 bits per heavy atom. The molecule has 0 bridgehead atoms. The summed E-state index contributed by atoms with van der Waals surface area (Å²) in [4.78, 5) is 24.5. The maximum absolute atomic E-state index is 13.0. The number of hydrazone groups is 1. The Hall–Kier alpha value is -3.87. The van der Waals surface area contributed by atoms with E-state index in [0.717, 1.165) is 16.8 Å². The van der Waals surface area contributed by atoms with Gasteiger partial charge >= 0.3 is 5.97 Å². The van der Waals surface area contributed by atoms with Gasteiger partial charge in [-0.1, -0.05) is 29.8 Å². The number of amides is 1. The van der Waals surface area contributed by atoms with Crippen molar-refractivity contribution in [2.24, 2.45) is 5.10 Å². The van der Waals surface area contributed by atoms with Crippen LogP contribution in [-0.2, 0) is 9.53 Å². The third-order valence-corrected chi connectivity index (χ3v) is 5.06. The summed E-state index contributed by atoms with van der Waals surface area (Å²) in [5.41, 5.74) is 3.35. The van der Waals surface area contributed by atoms with Crippen molar-refractivity contribution in [1.29, 1.82) is 0 Å². The first-order valence-corrected chi connectivity index (χ1v) is 9.86. The Kier molecular flexibility index (Phi) is 5.84. The van der Waals surface area contributed by atoms with Crippen molar-refractivity contribution in [3.05, 3.63) is 89.4 Å². The van der Waals surface area contributed by atoms with Gasteiger partial charge in [0, 0.05) is 6.42 Å². The summed E-state index contributed by atoms with van der Waals surface area (Å²) in [7, 11) is 1.32. The molecule has 1 aliphatic heterocycles. The summed E-state index contributed by atoms with van der Waals surface area (Å²) < 4.78 is 15.9. The van der Waals surface area contributed by atoms with E-state index in [9.17, 15) is 9.59 Å². The molecule has 3 aromatic rings. The van der Waals surface area contributed by atoms with Crippen molar-refractivity contribution in [2.75, 3.05) is 13.7 Å². The summed E-state index contributed by atoms with van der Waals surface area (Å²) >= 11 is 0. The number of carbonyl (C=O) groups is 2. The largest absolute Gasteiger partial charge is 0.484 e. The number of aryl methyl sites for hydroxylation is 1. The van der Waals surface area contributed by atoms with Gasteiger partial charge in [0.1, 0.15) is 17.6 Å². The third-order valence-electron chi connectivity index (χ3n) is 5.06. The highest BCUT2D eigenvalue weighted by molar-refractivity contribution is 6.03. The first-order chi connectivity index (χ1) is 15.0. The Morgan fingerprint density at radius 1 is 1.10 bits per heavy atom. The monoisotopic (exact) mass is 418 g/mol. The zero-order valence-electron chi connectivity index (χ0n) is 17.3. The number of furan rings is 1. The van der Waals surface area contributed by atoms with Crippen LogP contribution in [0.3, 0.4) is 0 Å². The lowest BCUT2D eigenvalue weighted by molar-refractivity contribution is -0.135. The van der Waals surface area contributed by atoms with E-state index < -0.39 is 5.97 Å². The molecule has 1 aliphatic rings. The summed E-state index contributed by atoms with van der Waals surface area (Å²) in [6, 6.07) is 17.7. The van der Waals surface area contributed by atoms with Gasteiger partial charge in [-0.25, -0.2) is 9.80 Å². The lowest BCUT2D eigenvalue weighted by Gasteiger charge is -2.20. The second-order valence-corrected chi connectivity index (χ2v) is 7.19. The standard InChI is InChI=1S/C24H22N2O5/c1-16-5-7-17(8-6-16)20-14-21(22-4-3-13-30-22)26(25-20)23(27)15-31-19-11-9-18(10-12-19)24(28)29-2/h3-13,21H,14-15H2,1-2H3/t21-/m1/s1. The fraction of sp³-hybridized carbons (Fsp3) is 0.208. The maximum Gasteiger partial charge on any atom is 0.337 e. The molecular weight excluding hydrogens is 396 g/mol. The molecule has 158 valence electrons. The number of ether oxygens (including phenoxy) is 2. The van der Waals surface area contributed by atoms with Crippen LogP contribution >= 0.6 is 0 Å². The molecule has 7 nitrogen and oxygen atoms in total. The summed E-state index contributed by atoms with van der Waals surface area (Å²) in [6.45, 7) is 1.83. The number of hydrogen-bond acceptors (Lipinski definition) is 6. The second-order valence-electron chi connectivity index (χ2n) is 7.19. The van der Waals surface area contributed by atoms with Gasteiger partial charge in [0.15, 0.2) is 6.61 Å². The van der Waals surface area contributed by atoms with Gasteiger partial charge in [-0.15, -0.1) is 0 Å². The van der Waals surface area contributed by atoms with Crippen LogP contribution in [0.5, 0.6) is 5.75 Å². The molecule has 1 aromatic heterocycles. The van der Waals surface area contributed by atoms with Crippen molar-refractivity contribution in [2.45, 2.75) is 19.4 Å². The molecule has 0 N–H and O–H groups in total. The highest BCUT2D eigenvalue weighted by atomic mass is 16.5. The highest BCUT2D eigenvalue weighted by Gasteiger charge is 2.35. The number of esters is 1. The Labute approximate surface area is 179 Å². The van der Waals surface area contributed by atoms with Crippen molar-refractivity contribution < 1.29 is 23.5 Å². The van der Waals surface area contributed by atoms with E-state index in [1.54, 1.807) is 36.6 Å². The van der Waals surface area contributed by atoms with Gasteiger partial charge in [-0.3, -0.25) is 4.79 Å². The van der Waals surface area contributed by atoms with E-state index in [0.29, 0.717) is 23.5 Å². The van der Waals surface area contributed by atoms with E-state index in [4.69, 9.17) is 9.15 Å². The predicted octanol–water partition coefficient (Wildman–Crippen LogP) is 4.13. The van der Waals surface area contributed by atoms with E-state index >= 15 is 0 Å². The van der Waals surface area contributed by atoms with Crippen LogP contribution in [0.2, 0.25) is 0 Å². The lowest BCUT2D eigenvalue weighted by atomic mass is 10.0. The minimum Gasteiger partial charge on any atom is -0.484 e. The molecular formula is C24H22N2O5. The molecule has 0 aliphatic carbocycles. The van der Waals surface area contributed by atoms with E-state index in [-0.39, 0.29) is 18.6 Å². The fourth-order valence-electron chi connectivity index (χ4n) is 3.38. The normalized spacial score (nSPS) is 15.5. The minimum absolute atomic E-state index is 0.195. The molecule has 0 saturated carbocycles. The molecule has 0 radical (unpaired) electrons. The molecule has 2 aromatic carbocycles. The number of hydrogen-bond donors (Lipinski definition) is 0. The molecule has 0 fully saturated rings. The Morgan fingerprint density at radius 3 is 2.48 bits per heavy atom. The van der Waals surface area contributed by atoms with Crippen LogP contribution in [0.25, 0.3) is 0 Å². The van der Waals surface area contributed by atoms with E-state index in [1.165, 1.54) is 12.1 Å². The number of rotatable bonds is 6. The van der Waals surface area contributed by atoms with Crippen LogP contribution in [-0.4, -0.2) is 36.3 Å². The molecule has 0 saturated heterocycles. The van der Waals surface area contributed by atoms with Crippen molar-refractivity contribution in [3.8, 4) is 5.75 Å². The van der Waals surface area contributed by atoms with E-state index in [2.05, 4.69) is 9.84 Å². The second kappa shape index (κ2) is 8.87. The van der Waals surface area contributed by atoms with Crippen molar-refractivity contribution >= 4 is 17.6 Å². The summed E-state index contributed by atoms with van der Waals surface area (Å²) in [5, 5.41) is 6.01. The molecule has 1 atom stereocenters. The first-order valence-electron chi connectivity index (χ1n) is 9.86. The Balaban J connectivity index is 1.49. The van der Waals surface area contributed by atoms with Gasteiger partial charge in [0.2, 0.25) is 0 Å². The topological polar surface area (TPSA) is 81.3 Å². The van der Waals surface area contributed by atoms with Gasteiger partial charge in [-0.2, -0.15) is 5.10 Å². The van der Waals surface area contributed by atoms with Crippen LogP contribution in [0, 0.1) is 6.92 Å². The summed E-state index contributed by atoms with van der Waals surface area (Å²) in [6.07, 6.45) is 2.14. The Bertz CT molecular complexity index is 1090. The number of nitrogens with zero attached hydrogens (tertiary/aromatic N) is 2. The smallest absolute Gasteiger partial charge is 0.337 e. The molecule has 1 amide bonds. The maximum atomic E-state index is 13.0. The number of benzene rings is 2. The number of methoxy groups -OCH3 is 1. The van der Waals surface area contributed by atoms with E-state index in [1.807, 2.05) is 37.3 Å². The SMILES string of the molecule is COC(=O)c1ccc(OCC(=O)N2N=C(c3ccc(C)cc3)C[C@@H]2c2ccco2)cc1. The molecule has 0 spiro atoms. The van der Waals surface area contributed by atoms with Gasteiger partial charge < -0.3 is 13.9 Å². The molecule has 7 heteroatoms. The molecule has 4 rings (SSSR count). The van der Waals surface area contributed by atoms with Crippen LogP contribution < -0.4 is 4.74 Å².